The van der Waals surface area contributed by atoms with Crippen molar-refractivity contribution in [2.75, 3.05) is 26.3 Å². The van der Waals surface area contributed by atoms with E-state index in [2.05, 4.69) is 35.3 Å². The van der Waals surface area contributed by atoms with Crippen LogP contribution >= 0.6 is 0 Å². The van der Waals surface area contributed by atoms with E-state index >= 15 is 0 Å². The Balaban J connectivity index is 1.28. The Bertz CT molecular complexity index is 734. The third kappa shape index (κ3) is 4.66. The summed E-state index contributed by atoms with van der Waals surface area (Å²) in [5, 5.41) is 0. The molecule has 27 heavy (non-hydrogen) atoms. The van der Waals surface area contributed by atoms with Crippen LogP contribution in [0.2, 0.25) is 0 Å². The maximum atomic E-state index is 12.7. The number of benzene rings is 1. The van der Waals surface area contributed by atoms with Crippen molar-refractivity contribution >= 4 is 5.91 Å². The molecule has 2 aliphatic rings. The highest BCUT2D eigenvalue weighted by Gasteiger charge is 2.24. The topological polar surface area (TPSA) is 51.7 Å². The molecule has 0 bridgehead atoms. The molecule has 0 N–H and O–H groups in total. The first kappa shape index (κ1) is 18.0. The largest absolute Gasteiger partial charge is 0.472 e. The Morgan fingerprint density at radius 2 is 1.93 bits per heavy atom. The highest BCUT2D eigenvalue weighted by Crippen LogP contribution is 2.23. The SMILES string of the molecule is O=C(c1ccc(O[C@H]2CCOC2)nc1)N1CCC(Cc2ccccc2)CC1. The number of pyridine rings is 1. The molecule has 1 amide bonds. The fraction of sp³-hybridized carbons (Fsp3) is 0.455. The molecule has 4 rings (SSSR count). The number of ether oxygens (including phenoxy) is 2. The maximum Gasteiger partial charge on any atom is 0.255 e. The second-order valence-electron chi connectivity index (χ2n) is 7.41. The van der Waals surface area contributed by atoms with Gasteiger partial charge in [-0.25, -0.2) is 4.98 Å². The molecule has 1 atom stereocenters. The fourth-order valence-electron chi connectivity index (χ4n) is 3.82. The van der Waals surface area contributed by atoms with Gasteiger partial charge >= 0.3 is 0 Å². The van der Waals surface area contributed by atoms with Crippen LogP contribution in [0.15, 0.2) is 48.7 Å². The van der Waals surface area contributed by atoms with Crippen LogP contribution in [0, 0.1) is 5.92 Å². The first-order chi connectivity index (χ1) is 13.3. The van der Waals surface area contributed by atoms with Gasteiger partial charge in [0.15, 0.2) is 0 Å². The van der Waals surface area contributed by atoms with E-state index in [1.54, 1.807) is 12.3 Å². The Kier molecular flexibility index (Phi) is 5.68. The van der Waals surface area contributed by atoms with Gasteiger partial charge in [0.25, 0.3) is 5.91 Å². The number of amides is 1. The molecule has 1 aromatic heterocycles. The van der Waals surface area contributed by atoms with Crippen molar-refractivity contribution in [3.63, 3.8) is 0 Å². The van der Waals surface area contributed by atoms with Crippen LogP contribution in [0.5, 0.6) is 5.88 Å². The van der Waals surface area contributed by atoms with Gasteiger partial charge in [0.05, 0.1) is 18.8 Å². The van der Waals surface area contributed by atoms with Crippen LogP contribution in [0.1, 0.15) is 35.2 Å². The summed E-state index contributed by atoms with van der Waals surface area (Å²) in [6.07, 6.45) is 5.79. The molecule has 2 fully saturated rings. The average molecular weight is 366 g/mol. The lowest BCUT2D eigenvalue weighted by Crippen LogP contribution is -2.39. The lowest BCUT2D eigenvalue weighted by molar-refractivity contribution is 0.0690. The zero-order chi connectivity index (χ0) is 18.5. The molecule has 0 radical (unpaired) electrons. The minimum Gasteiger partial charge on any atom is -0.472 e. The monoisotopic (exact) mass is 366 g/mol. The van der Waals surface area contributed by atoms with Crippen LogP contribution in [0.3, 0.4) is 0 Å². The van der Waals surface area contributed by atoms with Gasteiger partial charge in [0, 0.05) is 31.8 Å². The Morgan fingerprint density at radius 3 is 2.59 bits per heavy atom. The number of rotatable bonds is 5. The van der Waals surface area contributed by atoms with Crippen molar-refractivity contribution in [3.8, 4) is 5.88 Å². The summed E-state index contributed by atoms with van der Waals surface area (Å²) in [6, 6.07) is 14.2. The Hall–Kier alpha value is -2.40. The second kappa shape index (κ2) is 8.53. The molecule has 0 spiro atoms. The summed E-state index contributed by atoms with van der Waals surface area (Å²) in [5.74, 6) is 1.28. The van der Waals surface area contributed by atoms with Crippen molar-refractivity contribution in [3.05, 3.63) is 59.8 Å². The van der Waals surface area contributed by atoms with E-state index in [0.29, 0.717) is 24.0 Å². The van der Waals surface area contributed by atoms with E-state index < -0.39 is 0 Å². The summed E-state index contributed by atoms with van der Waals surface area (Å²) in [7, 11) is 0. The van der Waals surface area contributed by atoms with Gasteiger partial charge in [-0.15, -0.1) is 0 Å². The molecule has 2 aliphatic heterocycles. The Labute approximate surface area is 160 Å². The second-order valence-corrected chi connectivity index (χ2v) is 7.41. The fourth-order valence-corrected chi connectivity index (χ4v) is 3.82. The number of aromatic nitrogens is 1. The molecule has 0 unspecified atom stereocenters. The molecule has 1 aromatic carbocycles. The van der Waals surface area contributed by atoms with E-state index in [1.807, 2.05) is 11.0 Å². The molecule has 3 heterocycles. The number of nitrogens with zero attached hydrogens (tertiary/aromatic N) is 2. The molecule has 142 valence electrons. The van der Waals surface area contributed by atoms with Crippen molar-refractivity contribution in [1.82, 2.24) is 9.88 Å². The van der Waals surface area contributed by atoms with Gasteiger partial charge in [-0.2, -0.15) is 0 Å². The van der Waals surface area contributed by atoms with Crippen LogP contribution in [-0.2, 0) is 11.2 Å². The number of hydrogen-bond donors (Lipinski definition) is 0. The quantitative estimate of drug-likeness (QED) is 0.814. The smallest absolute Gasteiger partial charge is 0.255 e. The summed E-state index contributed by atoms with van der Waals surface area (Å²) >= 11 is 0. The van der Waals surface area contributed by atoms with Gasteiger partial charge in [-0.3, -0.25) is 4.79 Å². The normalized spacial score (nSPS) is 20.6. The summed E-state index contributed by atoms with van der Waals surface area (Å²) < 4.78 is 11.1. The average Bonchev–Trinajstić information content (AvgIpc) is 3.22. The lowest BCUT2D eigenvalue weighted by atomic mass is 9.90. The summed E-state index contributed by atoms with van der Waals surface area (Å²) in [5.41, 5.74) is 2.02. The molecular weight excluding hydrogens is 340 g/mol. The molecule has 5 nitrogen and oxygen atoms in total. The van der Waals surface area contributed by atoms with Crippen molar-refractivity contribution in [1.29, 1.82) is 0 Å². The van der Waals surface area contributed by atoms with E-state index in [4.69, 9.17) is 9.47 Å². The summed E-state index contributed by atoms with van der Waals surface area (Å²) in [6.45, 7) is 2.98. The van der Waals surface area contributed by atoms with E-state index in [0.717, 1.165) is 45.4 Å². The van der Waals surface area contributed by atoms with Gasteiger partial charge in [0.2, 0.25) is 5.88 Å². The minimum atomic E-state index is 0.0661. The number of carbonyl (C=O) groups excluding carboxylic acids is 1. The summed E-state index contributed by atoms with van der Waals surface area (Å²) in [4.78, 5) is 19.0. The zero-order valence-electron chi connectivity index (χ0n) is 15.5. The third-order valence-electron chi connectivity index (χ3n) is 5.43. The van der Waals surface area contributed by atoms with Crippen molar-refractivity contribution in [2.24, 2.45) is 5.92 Å². The molecule has 5 heteroatoms. The highest BCUT2D eigenvalue weighted by atomic mass is 16.5. The van der Waals surface area contributed by atoms with E-state index in [-0.39, 0.29) is 12.0 Å². The van der Waals surface area contributed by atoms with Crippen LogP contribution < -0.4 is 4.74 Å². The predicted molar refractivity (Wildman–Crippen MR) is 103 cm³/mol. The van der Waals surface area contributed by atoms with Crippen LogP contribution in [0.25, 0.3) is 0 Å². The van der Waals surface area contributed by atoms with E-state index in [1.165, 1.54) is 5.56 Å². The zero-order valence-corrected chi connectivity index (χ0v) is 15.5. The first-order valence-electron chi connectivity index (χ1n) is 9.81. The van der Waals surface area contributed by atoms with Gasteiger partial charge in [-0.1, -0.05) is 30.3 Å². The number of likely N-dealkylation sites (tertiary alicyclic amines) is 1. The standard InChI is InChI=1S/C22H26N2O3/c25-22(19-6-7-21(23-15-19)27-20-10-13-26-16-20)24-11-8-18(9-12-24)14-17-4-2-1-3-5-17/h1-7,15,18,20H,8-14,16H2/t20-/m0/s1. The molecule has 0 aliphatic carbocycles. The molecule has 2 aromatic rings. The maximum absolute atomic E-state index is 12.7. The minimum absolute atomic E-state index is 0.0661. The van der Waals surface area contributed by atoms with Crippen LogP contribution in [0.4, 0.5) is 0 Å². The van der Waals surface area contributed by atoms with Crippen LogP contribution in [-0.4, -0.2) is 48.2 Å². The van der Waals surface area contributed by atoms with Gasteiger partial charge in [-0.05, 0) is 36.8 Å². The lowest BCUT2D eigenvalue weighted by Gasteiger charge is -2.32. The third-order valence-corrected chi connectivity index (χ3v) is 5.43. The number of piperidine rings is 1. The van der Waals surface area contributed by atoms with Crippen molar-refractivity contribution in [2.45, 2.75) is 31.8 Å². The first-order valence-corrected chi connectivity index (χ1v) is 9.81. The highest BCUT2D eigenvalue weighted by molar-refractivity contribution is 5.94. The van der Waals surface area contributed by atoms with Crippen molar-refractivity contribution < 1.29 is 14.3 Å². The van der Waals surface area contributed by atoms with E-state index in [9.17, 15) is 4.79 Å². The van der Waals surface area contributed by atoms with Gasteiger partial charge in [0.1, 0.15) is 6.10 Å². The molecule has 2 saturated heterocycles. The molecular formula is C22H26N2O3. The number of carbonyl (C=O) groups is 1. The molecule has 0 saturated carbocycles. The Morgan fingerprint density at radius 1 is 1.11 bits per heavy atom. The predicted octanol–water partition coefficient (Wildman–Crippen LogP) is 3.34. The number of hydrogen-bond acceptors (Lipinski definition) is 4. The van der Waals surface area contributed by atoms with Gasteiger partial charge < -0.3 is 14.4 Å².